The maximum absolute atomic E-state index is 9.59. The zero-order chi connectivity index (χ0) is 23.7. The fraction of sp³-hybridized carbons (Fsp3) is 0.560. The lowest BCUT2D eigenvalue weighted by Crippen LogP contribution is -2.23. The van der Waals surface area contributed by atoms with Crippen LogP contribution in [0.1, 0.15) is 68.8 Å². The highest BCUT2D eigenvalue weighted by Crippen LogP contribution is 2.32. The molecule has 1 aromatic carbocycles. The second-order valence-electron chi connectivity index (χ2n) is 8.70. The Labute approximate surface area is 197 Å². The maximum Gasteiger partial charge on any atom is 0.222 e. The molecule has 1 heterocycles. The van der Waals surface area contributed by atoms with Crippen LogP contribution in [0.25, 0.3) is 0 Å². The summed E-state index contributed by atoms with van der Waals surface area (Å²) in [6.45, 7) is 8.03. The summed E-state index contributed by atoms with van der Waals surface area (Å²) in [5.74, 6) is 2.95. The van der Waals surface area contributed by atoms with Crippen molar-refractivity contribution in [3.63, 3.8) is 0 Å². The van der Waals surface area contributed by atoms with Gasteiger partial charge in [-0.1, -0.05) is 31.9 Å². The lowest BCUT2D eigenvalue weighted by molar-refractivity contribution is 0.410. The molecule has 0 unspecified atom stereocenters. The first-order valence-corrected chi connectivity index (χ1v) is 12.6. The Kier molecular flexibility index (Phi) is 9.64. The van der Waals surface area contributed by atoms with Crippen LogP contribution in [-0.2, 0) is 11.8 Å². The number of nitrogens with zero attached hydrogens (tertiary/aromatic N) is 3. The summed E-state index contributed by atoms with van der Waals surface area (Å²) < 4.78 is 5.64. The van der Waals surface area contributed by atoms with Crippen molar-refractivity contribution < 1.29 is 4.74 Å². The Morgan fingerprint density at radius 2 is 2.03 bits per heavy atom. The molecule has 2 aromatic rings. The molecular weight excluding hydrogens is 418 g/mol. The summed E-state index contributed by atoms with van der Waals surface area (Å²) in [6.07, 6.45) is 7.22. The Morgan fingerprint density at radius 1 is 1.28 bits per heavy atom. The molecule has 0 spiro atoms. The van der Waals surface area contributed by atoms with Gasteiger partial charge >= 0.3 is 0 Å². The van der Waals surface area contributed by atoms with Crippen molar-refractivity contribution in [1.29, 1.82) is 5.26 Å². The number of benzene rings is 1. The molecule has 1 aromatic heterocycles. The molecule has 0 amide bonds. The van der Waals surface area contributed by atoms with Crippen molar-refractivity contribution >= 4 is 23.5 Å². The minimum atomic E-state index is -0.585. The molecule has 0 saturated heterocycles. The highest BCUT2D eigenvalue weighted by molar-refractivity contribution is 7.98. The fourth-order valence-corrected chi connectivity index (χ4v) is 4.22. The number of nitrogens with one attached hydrogen (secondary N) is 1. The average Bonchev–Trinajstić information content (AvgIpc) is 2.77. The van der Waals surface area contributed by atoms with Crippen LogP contribution in [-0.4, -0.2) is 35.1 Å². The van der Waals surface area contributed by atoms with Gasteiger partial charge in [-0.2, -0.15) is 22.0 Å². The van der Waals surface area contributed by atoms with Crippen LogP contribution < -0.4 is 15.8 Å². The molecule has 3 N–H and O–H groups in total. The van der Waals surface area contributed by atoms with Crippen molar-refractivity contribution in [2.24, 2.45) is 0 Å². The zero-order valence-corrected chi connectivity index (χ0v) is 21.1. The molecule has 7 heteroatoms. The van der Waals surface area contributed by atoms with Gasteiger partial charge in [0.05, 0.1) is 18.6 Å². The second kappa shape index (κ2) is 12.0. The third-order valence-electron chi connectivity index (χ3n) is 5.80. The van der Waals surface area contributed by atoms with E-state index in [-0.39, 0.29) is 5.95 Å². The Morgan fingerprint density at radius 3 is 2.66 bits per heavy atom. The van der Waals surface area contributed by atoms with Gasteiger partial charge in [0.2, 0.25) is 5.95 Å². The van der Waals surface area contributed by atoms with Gasteiger partial charge in [-0.3, -0.25) is 0 Å². The standard InChI is InChI=1S/C25H37N5OS/c1-7-8-9-20(12-13-32-6)29-23-21(17(2)28-24(27)30-23)15-18-14-19(25(3,4)16-26)10-11-22(18)31-5/h10-11,14,20H,7-9,12-13,15H2,1-6H3,(H3,27,28,29,30)/t20-/m0/s1. The summed E-state index contributed by atoms with van der Waals surface area (Å²) >= 11 is 1.86. The number of aryl methyl sites for hydroxylation is 1. The monoisotopic (exact) mass is 455 g/mol. The van der Waals surface area contributed by atoms with Crippen LogP contribution in [0.15, 0.2) is 18.2 Å². The van der Waals surface area contributed by atoms with Crippen molar-refractivity contribution in [3.05, 3.63) is 40.6 Å². The van der Waals surface area contributed by atoms with E-state index in [1.54, 1.807) is 7.11 Å². The number of ether oxygens (including phenoxy) is 1. The lowest BCUT2D eigenvalue weighted by Gasteiger charge is -2.23. The molecule has 0 aliphatic carbocycles. The number of hydrogen-bond acceptors (Lipinski definition) is 7. The van der Waals surface area contributed by atoms with E-state index in [1.165, 1.54) is 6.42 Å². The summed E-state index contributed by atoms with van der Waals surface area (Å²) in [4.78, 5) is 9.02. The molecule has 0 fully saturated rings. The number of rotatable bonds is 12. The minimum absolute atomic E-state index is 0.277. The second-order valence-corrected chi connectivity index (χ2v) is 9.69. The van der Waals surface area contributed by atoms with Gasteiger partial charge < -0.3 is 15.8 Å². The molecular formula is C25H37N5OS. The molecule has 0 radical (unpaired) electrons. The van der Waals surface area contributed by atoms with E-state index < -0.39 is 5.41 Å². The Balaban J connectivity index is 2.46. The SMILES string of the molecule is CCCC[C@@H](CCSC)Nc1nc(N)nc(C)c1Cc1cc(C(C)(C)C#N)ccc1OC. The first-order valence-electron chi connectivity index (χ1n) is 11.2. The van der Waals surface area contributed by atoms with Crippen LogP contribution in [0.3, 0.4) is 0 Å². The first-order chi connectivity index (χ1) is 15.2. The maximum atomic E-state index is 9.59. The van der Waals surface area contributed by atoms with Crippen LogP contribution in [0.2, 0.25) is 0 Å². The smallest absolute Gasteiger partial charge is 0.222 e. The molecule has 174 valence electrons. The number of nitrogens with two attached hydrogens (primary N) is 1. The largest absolute Gasteiger partial charge is 0.496 e. The molecule has 0 saturated carbocycles. The average molecular weight is 456 g/mol. The van der Waals surface area contributed by atoms with Crippen molar-refractivity contribution in [2.45, 2.75) is 71.3 Å². The summed E-state index contributed by atoms with van der Waals surface area (Å²) in [5.41, 5.74) is 9.26. The van der Waals surface area contributed by atoms with Crippen LogP contribution >= 0.6 is 11.8 Å². The van der Waals surface area contributed by atoms with Gasteiger partial charge in [-0.25, -0.2) is 4.98 Å². The van der Waals surface area contributed by atoms with E-state index in [9.17, 15) is 5.26 Å². The molecule has 0 bridgehead atoms. The summed E-state index contributed by atoms with van der Waals surface area (Å²) in [6, 6.07) is 8.67. The van der Waals surface area contributed by atoms with Gasteiger partial charge in [0.1, 0.15) is 11.6 Å². The topological polar surface area (TPSA) is 96.9 Å². The Hall–Kier alpha value is -2.46. The quantitative estimate of drug-likeness (QED) is 0.436. The van der Waals surface area contributed by atoms with E-state index in [0.717, 1.165) is 59.0 Å². The van der Waals surface area contributed by atoms with Gasteiger partial charge in [0.25, 0.3) is 0 Å². The molecule has 0 aliphatic rings. The number of hydrogen-bond donors (Lipinski definition) is 2. The minimum Gasteiger partial charge on any atom is -0.496 e. The van der Waals surface area contributed by atoms with Crippen molar-refractivity contribution in [3.8, 4) is 11.8 Å². The number of aromatic nitrogens is 2. The third-order valence-corrected chi connectivity index (χ3v) is 6.44. The van der Waals surface area contributed by atoms with E-state index in [4.69, 9.17) is 10.5 Å². The number of unbranched alkanes of at least 4 members (excludes halogenated alkanes) is 1. The molecule has 6 nitrogen and oxygen atoms in total. The predicted octanol–water partition coefficient (Wildman–Crippen LogP) is 5.49. The van der Waals surface area contributed by atoms with Gasteiger partial charge in [0.15, 0.2) is 0 Å². The fourth-order valence-electron chi connectivity index (χ4n) is 3.70. The number of nitrogen functional groups attached to an aromatic ring is 1. The normalized spacial score (nSPS) is 12.3. The number of anilines is 2. The van der Waals surface area contributed by atoms with Crippen molar-refractivity contribution in [2.75, 3.05) is 30.2 Å². The van der Waals surface area contributed by atoms with Crippen molar-refractivity contribution in [1.82, 2.24) is 9.97 Å². The number of nitriles is 1. The van der Waals surface area contributed by atoms with Gasteiger partial charge in [0, 0.05) is 23.7 Å². The van der Waals surface area contributed by atoms with Crippen LogP contribution in [0.5, 0.6) is 5.75 Å². The third kappa shape index (κ3) is 6.77. The highest BCUT2D eigenvalue weighted by Gasteiger charge is 2.23. The number of thioether (sulfide) groups is 1. The Bertz CT molecular complexity index is 931. The summed E-state index contributed by atoms with van der Waals surface area (Å²) in [7, 11) is 1.67. The lowest BCUT2D eigenvalue weighted by atomic mass is 9.84. The number of methoxy groups -OCH3 is 1. The predicted molar refractivity (Wildman–Crippen MR) is 136 cm³/mol. The van der Waals surface area contributed by atoms with Crippen LogP contribution in [0, 0.1) is 18.3 Å². The van der Waals surface area contributed by atoms with Crippen LogP contribution in [0.4, 0.5) is 11.8 Å². The van der Waals surface area contributed by atoms with Gasteiger partial charge in [-0.05, 0) is 62.8 Å². The van der Waals surface area contributed by atoms with E-state index in [1.807, 2.05) is 44.7 Å². The van der Waals surface area contributed by atoms with E-state index >= 15 is 0 Å². The van der Waals surface area contributed by atoms with Gasteiger partial charge in [-0.15, -0.1) is 0 Å². The molecule has 0 aliphatic heterocycles. The zero-order valence-electron chi connectivity index (χ0n) is 20.3. The highest BCUT2D eigenvalue weighted by atomic mass is 32.2. The van der Waals surface area contributed by atoms with E-state index in [0.29, 0.717) is 12.5 Å². The molecule has 2 rings (SSSR count). The first kappa shape index (κ1) is 25.8. The summed E-state index contributed by atoms with van der Waals surface area (Å²) in [5, 5.41) is 13.3. The molecule has 32 heavy (non-hydrogen) atoms. The van der Waals surface area contributed by atoms with E-state index in [2.05, 4.69) is 40.6 Å². The molecule has 1 atom stereocenters.